The number of hydrogen-bond donors (Lipinski definition) is 0. The molecule has 0 aromatic carbocycles. The highest BCUT2D eigenvalue weighted by Gasteiger charge is 2.32. The first kappa shape index (κ1) is 13.9. The molecule has 0 bridgehead atoms. The van der Waals surface area contributed by atoms with Gasteiger partial charge in [0, 0.05) is 11.1 Å². The van der Waals surface area contributed by atoms with Gasteiger partial charge in [0.25, 0.3) is 0 Å². The molecule has 4 heteroatoms. The molecule has 2 saturated carbocycles. The quantitative estimate of drug-likeness (QED) is 0.725. The van der Waals surface area contributed by atoms with E-state index >= 15 is 0 Å². The molecular weight excluding hydrogens is 300 g/mol. The first-order chi connectivity index (χ1) is 7.97. The summed E-state index contributed by atoms with van der Waals surface area (Å²) < 4.78 is 23.2. The van der Waals surface area contributed by atoms with E-state index in [0.29, 0.717) is 10.7 Å². The molecule has 3 unspecified atom stereocenters. The first-order valence-corrected chi connectivity index (χ1v) is 9.67. The zero-order valence-electron chi connectivity index (χ0n) is 10.6. The zero-order valence-corrected chi connectivity index (χ0v) is 13.0. The fourth-order valence-electron chi connectivity index (χ4n) is 2.98. The van der Waals surface area contributed by atoms with Gasteiger partial charge < -0.3 is 0 Å². The van der Waals surface area contributed by atoms with E-state index in [-0.39, 0.29) is 5.25 Å². The molecule has 3 atom stereocenters. The maximum Gasteiger partial charge on any atom is 0.150 e. The van der Waals surface area contributed by atoms with E-state index in [9.17, 15) is 8.42 Å². The zero-order chi connectivity index (χ0) is 12.5. The Morgan fingerprint density at radius 2 is 1.94 bits per heavy atom. The third-order valence-electron chi connectivity index (χ3n) is 4.32. The lowest BCUT2D eigenvalue weighted by Crippen LogP contribution is -2.27. The van der Waals surface area contributed by atoms with E-state index in [1.165, 1.54) is 38.4 Å². The summed E-state index contributed by atoms with van der Waals surface area (Å²) in [6.45, 7) is 0. The molecule has 0 aromatic rings. The normalized spacial score (nSPS) is 32.4. The monoisotopic (exact) mass is 322 g/mol. The van der Waals surface area contributed by atoms with Gasteiger partial charge in [0.15, 0.2) is 0 Å². The SMILES string of the molecule is CS(=O)(=O)C1CCCC(CCC(Br)C2CC2)C1. The molecule has 0 aliphatic heterocycles. The third-order valence-corrected chi connectivity index (χ3v) is 7.17. The summed E-state index contributed by atoms with van der Waals surface area (Å²) in [6.07, 6.45) is 10.7. The fourth-order valence-corrected chi connectivity index (χ4v) is 4.99. The van der Waals surface area contributed by atoms with Crippen molar-refractivity contribution in [3.63, 3.8) is 0 Å². The lowest BCUT2D eigenvalue weighted by Gasteiger charge is -2.28. The summed E-state index contributed by atoms with van der Waals surface area (Å²) in [5.74, 6) is 1.55. The minimum absolute atomic E-state index is 0.0593. The van der Waals surface area contributed by atoms with Gasteiger partial charge in [-0.2, -0.15) is 0 Å². The lowest BCUT2D eigenvalue weighted by atomic mass is 9.85. The first-order valence-electron chi connectivity index (χ1n) is 6.79. The molecule has 100 valence electrons. The van der Waals surface area contributed by atoms with Gasteiger partial charge in [0.05, 0.1) is 5.25 Å². The Morgan fingerprint density at radius 1 is 1.24 bits per heavy atom. The Kier molecular flexibility index (Phi) is 4.56. The van der Waals surface area contributed by atoms with Gasteiger partial charge in [-0.3, -0.25) is 0 Å². The Morgan fingerprint density at radius 3 is 2.53 bits per heavy atom. The molecule has 17 heavy (non-hydrogen) atoms. The number of halogens is 1. The summed E-state index contributed by atoms with van der Waals surface area (Å²) in [7, 11) is -2.81. The second-order valence-electron chi connectivity index (χ2n) is 5.91. The Labute approximate surface area is 114 Å². The van der Waals surface area contributed by atoms with Crippen molar-refractivity contribution in [1.82, 2.24) is 0 Å². The van der Waals surface area contributed by atoms with E-state index in [4.69, 9.17) is 0 Å². The van der Waals surface area contributed by atoms with E-state index in [2.05, 4.69) is 15.9 Å². The molecule has 0 heterocycles. The summed E-state index contributed by atoms with van der Waals surface area (Å²) >= 11 is 3.77. The van der Waals surface area contributed by atoms with Crippen LogP contribution in [0.1, 0.15) is 51.4 Å². The van der Waals surface area contributed by atoms with Crippen molar-refractivity contribution in [3.8, 4) is 0 Å². The van der Waals surface area contributed by atoms with Crippen LogP contribution >= 0.6 is 15.9 Å². The molecule has 2 aliphatic carbocycles. The minimum atomic E-state index is -2.81. The highest BCUT2D eigenvalue weighted by atomic mass is 79.9. The fraction of sp³-hybridized carbons (Fsp3) is 1.00. The summed E-state index contributed by atoms with van der Waals surface area (Å²) in [5, 5.41) is -0.0593. The molecule has 2 aliphatic rings. The molecule has 0 aromatic heterocycles. The smallest absolute Gasteiger partial charge is 0.150 e. The van der Waals surface area contributed by atoms with Crippen molar-refractivity contribution in [2.45, 2.75) is 61.4 Å². The largest absolute Gasteiger partial charge is 0.229 e. The molecule has 0 amide bonds. The van der Waals surface area contributed by atoms with Crippen LogP contribution in [-0.2, 0) is 9.84 Å². The van der Waals surface area contributed by atoms with Crippen molar-refractivity contribution in [2.75, 3.05) is 6.26 Å². The molecule has 0 radical (unpaired) electrons. The van der Waals surface area contributed by atoms with Crippen LogP contribution in [0.2, 0.25) is 0 Å². The van der Waals surface area contributed by atoms with Gasteiger partial charge in [-0.1, -0.05) is 28.8 Å². The summed E-state index contributed by atoms with van der Waals surface area (Å²) in [4.78, 5) is 0.682. The second-order valence-corrected chi connectivity index (χ2v) is 9.42. The average Bonchev–Trinajstić information content (AvgIpc) is 3.09. The van der Waals surface area contributed by atoms with Gasteiger partial charge in [-0.25, -0.2) is 8.42 Å². The maximum atomic E-state index is 11.6. The number of hydrogen-bond acceptors (Lipinski definition) is 2. The maximum absolute atomic E-state index is 11.6. The van der Waals surface area contributed by atoms with E-state index in [0.717, 1.165) is 25.2 Å². The van der Waals surface area contributed by atoms with Gasteiger partial charge >= 0.3 is 0 Å². The van der Waals surface area contributed by atoms with Crippen molar-refractivity contribution < 1.29 is 8.42 Å². The standard InChI is InChI=1S/C13H23BrO2S/c1-17(15,16)12-4-2-3-10(9-12)5-8-13(14)11-6-7-11/h10-13H,2-9H2,1H3. The minimum Gasteiger partial charge on any atom is -0.229 e. The number of rotatable bonds is 5. The van der Waals surface area contributed by atoms with Crippen LogP contribution in [0.5, 0.6) is 0 Å². The van der Waals surface area contributed by atoms with Crippen molar-refractivity contribution in [1.29, 1.82) is 0 Å². The second kappa shape index (κ2) is 5.60. The van der Waals surface area contributed by atoms with Crippen LogP contribution in [0, 0.1) is 11.8 Å². The molecular formula is C13H23BrO2S. The Hall–Kier alpha value is 0.430. The molecule has 2 fully saturated rings. The molecule has 0 N–H and O–H groups in total. The highest BCUT2D eigenvalue weighted by Crippen LogP contribution is 2.40. The molecule has 2 rings (SSSR count). The summed E-state index contributed by atoms with van der Waals surface area (Å²) in [5.41, 5.74) is 0. The predicted octanol–water partition coefficient (Wildman–Crippen LogP) is 3.54. The average molecular weight is 323 g/mol. The van der Waals surface area contributed by atoms with Gasteiger partial charge in [-0.05, 0) is 50.4 Å². The van der Waals surface area contributed by atoms with Crippen LogP contribution in [0.4, 0.5) is 0 Å². The number of sulfone groups is 1. The predicted molar refractivity (Wildman–Crippen MR) is 75.3 cm³/mol. The highest BCUT2D eigenvalue weighted by molar-refractivity contribution is 9.09. The van der Waals surface area contributed by atoms with Gasteiger partial charge in [0.1, 0.15) is 9.84 Å². The lowest BCUT2D eigenvalue weighted by molar-refractivity contribution is 0.330. The molecule has 0 spiro atoms. The van der Waals surface area contributed by atoms with Crippen LogP contribution in [0.25, 0.3) is 0 Å². The van der Waals surface area contributed by atoms with Crippen molar-refractivity contribution in [3.05, 3.63) is 0 Å². The Balaban J connectivity index is 1.77. The van der Waals surface area contributed by atoms with Crippen molar-refractivity contribution in [2.24, 2.45) is 11.8 Å². The van der Waals surface area contributed by atoms with Gasteiger partial charge in [0.2, 0.25) is 0 Å². The van der Waals surface area contributed by atoms with Crippen LogP contribution in [0.3, 0.4) is 0 Å². The van der Waals surface area contributed by atoms with Crippen LogP contribution < -0.4 is 0 Å². The van der Waals surface area contributed by atoms with Gasteiger partial charge in [-0.15, -0.1) is 0 Å². The van der Waals surface area contributed by atoms with E-state index in [1.807, 2.05) is 0 Å². The summed E-state index contributed by atoms with van der Waals surface area (Å²) in [6, 6.07) is 0. The topological polar surface area (TPSA) is 34.1 Å². The van der Waals surface area contributed by atoms with Crippen LogP contribution in [-0.4, -0.2) is 24.8 Å². The van der Waals surface area contributed by atoms with Crippen LogP contribution in [0.15, 0.2) is 0 Å². The Bertz CT molecular complexity index is 348. The number of alkyl halides is 1. The molecule has 2 nitrogen and oxygen atoms in total. The van der Waals surface area contributed by atoms with E-state index < -0.39 is 9.84 Å². The third kappa shape index (κ3) is 4.23. The van der Waals surface area contributed by atoms with E-state index in [1.54, 1.807) is 0 Å². The van der Waals surface area contributed by atoms with Crippen molar-refractivity contribution >= 4 is 25.8 Å². The molecule has 0 saturated heterocycles.